The zero-order chi connectivity index (χ0) is 14.6. The molecule has 0 radical (unpaired) electrons. The summed E-state index contributed by atoms with van der Waals surface area (Å²) in [6.45, 7) is -0.191. The van der Waals surface area contributed by atoms with E-state index in [1.54, 1.807) is 0 Å². The van der Waals surface area contributed by atoms with Gasteiger partial charge in [0.05, 0.1) is 18.1 Å². The largest absolute Gasteiger partial charge is 0.394 e. The van der Waals surface area contributed by atoms with E-state index in [2.05, 4.69) is 9.97 Å². The average molecular weight is 290 g/mol. The van der Waals surface area contributed by atoms with Crippen LogP contribution in [0.4, 0.5) is 5.82 Å². The average Bonchev–Trinajstić information content (AvgIpc) is 3.14. The van der Waals surface area contributed by atoms with E-state index >= 15 is 0 Å². The molecule has 7 nitrogen and oxygen atoms in total. The molecular weight excluding hydrogens is 272 g/mol. The minimum atomic E-state index is -0.666. The molecule has 0 aromatic carbocycles. The maximum Gasteiger partial charge on any atom is 0.147 e. The number of rotatable bonds is 3. The summed E-state index contributed by atoms with van der Waals surface area (Å²) in [5.41, 5.74) is 7.92. The Morgan fingerprint density at radius 2 is 2.19 bits per heavy atom. The van der Waals surface area contributed by atoms with Gasteiger partial charge in [0.25, 0.3) is 0 Å². The molecule has 0 spiro atoms. The summed E-state index contributed by atoms with van der Waals surface area (Å²) in [5.74, 6) is 1.000. The van der Waals surface area contributed by atoms with Crippen LogP contribution >= 0.6 is 0 Å². The highest BCUT2D eigenvalue weighted by atomic mass is 16.5. The van der Waals surface area contributed by atoms with E-state index in [0.29, 0.717) is 18.2 Å². The van der Waals surface area contributed by atoms with E-state index in [-0.39, 0.29) is 12.8 Å². The van der Waals surface area contributed by atoms with E-state index in [4.69, 9.17) is 10.5 Å². The lowest BCUT2D eigenvalue weighted by molar-refractivity contribution is -0.0430. The molecule has 1 saturated carbocycles. The van der Waals surface area contributed by atoms with Crippen LogP contribution in [-0.2, 0) is 4.74 Å². The molecule has 0 amide bonds. The van der Waals surface area contributed by atoms with Gasteiger partial charge in [0.2, 0.25) is 0 Å². The number of ether oxygens (including phenoxy) is 1. The van der Waals surface area contributed by atoms with Crippen molar-refractivity contribution >= 4 is 16.9 Å². The van der Waals surface area contributed by atoms with Gasteiger partial charge >= 0.3 is 0 Å². The molecule has 2 aliphatic rings. The Kier molecular flexibility index (Phi) is 2.88. The second-order valence-corrected chi connectivity index (χ2v) is 5.84. The fourth-order valence-electron chi connectivity index (χ4n) is 3.11. The van der Waals surface area contributed by atoms with Crippen molar-refractivity contribution in [2.24, 2.45) is 0 Å². The lowest BCUT2D eigenvalue weighted by Crippen LogP contribution is -2.24. The smallest absolute Gasteiger partial charge is 0.147 e. The first kappa shape index (κ1) is 13.0. The highest BCUT2D eigenvalue weighted by Crippen LogP contribution is 2.46. The van der Waals surface area contributed by atoms with Gasteiger partial charge in [-0.25, -0.2) is 9.97 Å². The number of hydrogen-bond acceptors (Lipinski definition) is 6. The van der Waals surface area contributed by atoms with Crippen LogP contribution in [0, 0.1) is 0 Å². The minimum Gasteiger partial charge on any atom is -0.394 e. The van der Waals surface area contributed by atoms with Gasteiger partial charge < -0.3 is 25.3 Å². The summed E-state index contributed by atoms with van der Waals surface area (Å²) in [5, 5.41) is 20.0. The Balaban J connectivity index is 1.81. The molecule has 2 aromatic rings. The van der Waals surface area contributed by atoms with Crippen LogP contribution < -0.4 is 5.73 Å². The Labute approximate surface area is 121 Å². The monoisotopic (exact) mass is 290 g/mol. The summed E-state index contributed by atoms with van der Waals surface area (Å²) in [7, 11) is 0. The van der Waals surface area contributed by atoms with Crippen molar-refractivity contribution in [1.82, 2.24) is 14.5 Å². The van der Waals surface area contributed by atoms with Crippen molar-refractivity contribution in [3.05, 3.63) is 18.1 Å². The first-order chi connectivity index (χ1) is 10.2. The predicted molar refractivity (Wildman–Crippen MR) is 75.5 cm³/mol. The van der Waals surface area contributed by atoms with Gasteiger partial charge in [-0.2, -0.15) is 0 Å². The van der Waals surface area contributed by atoms with Crippen molar-refractivity contribution in [2.75, 3.05) is 12.3 Å². The lowest BCUT2D eigenvalue weighted by Gasteiger charge is -2.14. The van der Waals surface area contributed by atoms with Crippen molar-refractivity contribution in [2.45, 2.75) is 43.6 Å². The Hall–Kier alpha value is -1.70. The number of aliphatic hydroxyl groups excluding tert-OH is 2. The summed E-state index contributed by atoms with van der Waals surface area (Å²) in [6.07, 6.45) is 4.66. The van der Waals surface area contributed by atoms with E-state index in [9.17, 15) is 10.2 Å². The number of nitrogen functional groups attached to an aromatic ring is 1. The fourth-order valence-corrected chi connectivity index (χ4v) is 3.11. The molecule has 0 bridgehead atoms. The van der Waals surface area contributed by atoms with Crippen LogP contribution in [-0.4, -0.2) is 43.6 Å². The molecular formula is C14H18N4O3. The molecule has 3 heterocycles. The first-order valence-corrected chi connectivity index (χ1v) is 7.24. The molecule has 7 heteroatoms. The number of nitrogens with two attached hydrogens (primary N) is 1. The van der Waals surface area contributed by atoms with Gasteiger partial charge in [-0.3, -0.25) is 0 Å². The first-order valence-electron chi connectivity index (χ1n) is 7.24. The Bertz CT molecular complexity index is 682. The molecule has 4 N–H and O–H groups in total. The summed E-state index contributed by atoms with van der Waals surface area (Å²) in [6, 6.07) is 0. The minimum absolute atomic E-state index is 0.191. The third-order valence-electron chi connectivity index (χ3n) is 4.38. The highest BCUT2D eigenvalue weighted by molar-refractivity contribution is 5.90. The van der Waals surface area contributed by atoms with E-state index < -0.39 is 12.2 Å². The summed E-state index contributed by atoms with van der Waals surface area (Å²) >= 11 is 0. The molecule has 4 rings (SSSR count). The summed E-state index contributed by atoms with van der Waals surface area (Å²) in [4.78, 5) is 8.43. The van der Waals surface area contributed by atoms with Gasteiger partial charge in [-0.1, -0.05) is 0 Å². The van der Waals surface area contributed by atoms with Crippen LogP contribution in [0.1, 0.15) is 37.0 Å². The molecule has 2 fully saturated rings. The van der Waals surface area contributed by atoms with Crippen molar-refractivity contribution in [3.8, 4) is 0 Å². The Morgan fingerprint density at radius 1 is 1.38 bits per heavy atom. The molecule has 1 saturated heterocycles. The third kappa shape index (κ3) is 2.00. The molecule has 2 aromatic heterocycles. The zero-order valence-electron chi connectivity index (χ0n) is 11.5. The van der Waals surface area contributed by atoms with Crippen molar-refractivity contribution in [3.63, 3.8) is 0 Å². The summed E-state index contributed by atoms with van der Waals surface area (Å²) < 4.78 is 7.65. The number of aliphatic hydroxyl groups is 2. The van der Waals surface area contributed by atoms with Crippen LogP contribution in [0.5, 0.6) is 0 Å². The fraction of sp³-hybridized carbons (Fsp3) is 0.571. The second-order valence-electron chi connectivity index (χ2n) is 5.84. The maximum absolute atomic E-state index is 9.92. The molecule has 1 aliphatic carbocycles. The van der Waals surface area contributed by atoms with E-state index in [0.717, 1.165) is 29.4 Å². The second kappa shape index (κ2) is 4.66. The number of fused-ring (bicyclic) bond motifs is 1. The van der Waals surface area contributed by atoms with Gasteiger partial charge in [0.15, 0.2) is 0 Å². The van der Waals surface area contributed by atoms with Gasteiger partial charge in [0.1, 0.15) is 30.1 Å². The third-order valence-corrected chi connectivity index (χ3v) is 4.38. The maximum atomic E-state index is 9.92. The van der Waals surface area contributed by atoms with Gasteiger partial charge in [-0.05, 0) is 24.3 Å². The van der Waals surface area contributed by atoms with Crippen LogP contribution in [0.15, 0.2) is 12.5 Å². The highest BCUT2D eigenvalue weighted by Gasteiger charge is 2.37. The predicted octanol–water partition coefficient (Wildman–Crippen LogP) is 0.532. The number of nitrogens with zero attached hydrogens (tertiary/aromatic N) is 3. The normalized spacial score (nSPS) is 29.3. The van der Waals surface area contributed by atoms with E-state index in [1.165, 1.54) is 6.33 Å². The Morgan fingerprint density at radius 3 is 2.86 bits per heavy atom. The standard InChI is InChI=1S/C14H18N4O3/c15-13-12-8(7-1-2-7)4-18(14(12)17-6-16-13)11-3-9(20)10(5-19)21-11/h4,6-7,9-11,19-20H,1-3,5H2,(H2,15,16,17)/t9-,10+,11+/m0/s1. The quantitative estimate of drug-likeness (QED) is 0.761. The van der Waals surface area contributed by atoms with Crippen LogP contribution in [0.3, 0.4) is 0 Å². The SMILES string of the molecule is Nc1ncnc2c1c(C1CC1)cn2[C@H]1C[C@H](O)[C@@H](CO)O1. The lowest BCUT2D eigenvalue weighted by atomic mass is 10.1. The number of hydrogen-bond donors (Lipinski definition) is 3. The van der Waals surface area contributed by atoms with Crippen LogP contribution in [0.25, 0.3) is 11.0 Å². The molecule has 112 valence electrons. The molecule has 1 aliphatic heterocycles. The van der Waals surface area contributed by atoms with Crippen molar-refractivity contribution < 1.29 is 14.9 Å². The zero-order valence-corrected chi connectivity index (χ0v) is 11.5. The van der Waals surface area contributed by atoms with Crippen LogP contribution in [0.2, 0.25) is 0 Å². The molecule has 0 unspecified atom stereocenters. The number of anilines is 1. The van der Waals surface area contributed by atoms with Gasteiger partial charge in [-0.15, -0.1) is 0 Å². The van der Waals surface area contributed by atoms with Gasteiger partial charge in [0, 0.05) is 12.6 Å². The topological polar surface area (TPSA) is 106 Å². The molecule has 21 heavy (non-hydrogen) atoms. The van der Waals surface area contributed by atoms with E-state index in [1.807, 2.05) is 10.8 Å². The molecule has 3 atom stereocenters. The van der Waals surface area contributed by atoms with Crippen molar-refractivity contribution in [1.29, 1.82) is 0 Å². The number of aromatic nitrogens is 3.